The molecule has 2 aromatic heterocycles. The van der Waals surface area contributed by atoms with E-state index in [1.807, 2.05) is 0 Å². The summed E-state index contributed by atoms with van der Waals surface area (Å²) in [7, 11) is 1.59. The zero-order valence-corrected chi connectivity index (χ0v) is 32.5. The zero-order chi connectivity index (χ0) is 40.3. The van der Waals surface area contributed by atoms with E-state index in [-0.39, 0.29) is 35.7 Å². The first-order chi connectivity index (χ1) is 26.1. The van der Waals surface area contributed by atoms with Gasteiger partial charge < -0.3 is 39.7 Å². The average molecular weight is 790 g/mol. The number of anilines is 1. The van der Waals surface area contributed by atoms with Crippen LogP contribution in [-0.2, 0) is 29.6 Å². The normalized spacial score (nSPS) is 12.7. The Kier molecular flexibility index (Phi) is 14.5. The first-order valence-corrected chi connectivity index (χ1v) is 18.2. The summed E-state index contributed by atoms with van der Waals surface area (Å²) in [5.41, 5.74) is 7.73. The quantitative estimate of drug-likeness (QED) is 0.0710. The molecule has 1 amide bonds. The first kappa shape index (κ1) is 41.9. The molecule has 55 heavy (non-hydrogen) atoms. The Bertz CT molecular complexity index is 2070. The minimum Gasteiger partial charge on any atom is -0.490 e. The number of nitrogen functional groups attached to an aromatic ring is 1. The fourth-order valence-electron chi connectivity index (χ4n) is 4.68. The van der Waals surface area contributed by atoms with Crippen molar-refractivity contribution in [2.24, 2.45) is 0 Å². The van der Waals surface area contributed by atoms with Gasteiger partial charge >= 0.3 is 18.0 Å². The lowest BCUT2D eigenvalue weighted by Crippen LogP contribution is -2.45. The van der Waals surface area contributed by atoms with Gasteiger partial charge in [-0.25, -0.2) is 19.6 Å². The number of halogens is 1. The summed E-state index contributed by atoms with van der Waals surface area (Å²) >= 11 is 7.20. The molecule has 3 atom stereocenters. The average Bonchev–Trinajstić information content (AvgIpc) is 3.62. The standard InChI is InChI=1S/C38H40ClN7O8S/c1-21(43-6)35(47)52-19-28(53-36(48)22(2)44-37(49)54-38(3,4)5)18-50-27-13-9-23(10-14-27)31-29(15-40)32(42)46-34(30(31)16-41)55-20-26-17-51-33(45-26)24-7-11-25(39)12-8-24/h7-14,17,21-22,28,43H,18-20H2,1-6H3,(H2,42,46)(H,44,49). The number of alkyl carbamates (subject to hydrolysis) is 1. The monoisotopic (exact) mass is 789 g/mol. The molecular weight excluding hydrogens is 750 g/mol. The van der Waals surface area contributed by atoms with Crippen molar-refractivity contribution in [3.8, 4) is 40.5 Å². The second-order valence-electron chi connectivity index (χ2n) is 13.0. The molecule has 4 aromatic rings. The van der Waals surface area contributed by atoms with Crippen LogP contribution in [0.5, 0.6) is 5.75 Å². The maximum absolute atomic E-state index is 12.9. The third-order valence-electron chi connectivity index (χ3n) is 7.56. The lowest BCUT2D eigenvalue weighted by molar-refractivity contribution is -0.162. The van der Waals surface area contributed by atoms with Crippen molar-refractivity contribution in [2.45, 2.75) is 69.2 Å². The summed E-state index contributed by atoms with van der Waals surface area (Å²) in [6.45, 7) is 7.52. The molecule has 0 spiro atoms. The molecule has 0 aliphatic carbocycles. The summed E-state index contributed by atoms with van der Waals surface area (Å²) in [4.78, 5) is 46.3. The Morgan fingerprint density at radius 1 is 0.945 bits per heavy atom. The Balaban J connectivity index is 1.49. The van der Waals surface area contributed by atoms with Crippen molar-refractivity contribution < 1.29 is 37.7 Å². The van der Waals surface area contributed by atoms with Gasteiger partial charge in [-0.2, -0.15) is 10.5 Å². The first-order valence-electron chi connectivity index (χ1n) is 16.9. The molecule has 3 unspecified atom stereocenters. The summed E-state index contributed by atoms with van der Waals surface area (Å²) in [5, 5.41) is 26.3. The number of esters is 2. The third-order valence-corrected chi connectivity index (χ3v) is 8.82. The predicted octanol–water partition coefficient (Wildman–Crippen LogP) is 6.03. The topological polar surface area (TPSA) is 225 Å². The summed E-state index contributed by atoms with van der Waals surface area (Å²) in [5.74, 6) is -0.412. The van der Waals surface area contributed by atoms with E-state index in [0.717, 1.165) is 5.56 Å². The molecule has 0 saturated carbocycles. The van der Waals surface area contributed by atoms with Gasteiger partial charge in [-0.05, 0) is 83.6 Å². The number of likely N-dealkylation sites (N-methyl/N-ethyl adjacent to an activating group) is 1. The molecule has 288 valence electrons. The number of hydrogen-bond acceptors (Lipinski definition) is 15. The van der Waals surface area contributed by atoms with Crippen LogP contribution in [0.4, 0.5) is 10.6 Å². The number of nitrogens with one attached hydrogen (secondary N) is 2. The fraction of sp³-hybridized carbons (Fsp3) is 0.342. The minimum atomic E-state index is -1.09. The van der Waals surface area contributed by atoms with Gasteiger partial charge in [0.2, 0.25) is 5.89 Å². The molecular formula is C38H40ClN7O8S. The van der Waals surface area contributed by atoms with Crippen molar-refractivity contribution in [3.63, 3.8) is 0 Å². The fourth-order valence-corrected chi connectivity index (χ4v) is 5.68. The lowest BCUT2D eigenvalue weighted by atomic mass is 9.97. The van der Waals surface area contributed by atoms with E-state index in [1.165, 1.54) is 24.9 Å². The molecule has 0 radical (unpaired) electrons. The predicted molar refractivity (Wildman–Crippen MR) is 204 cm³/mol. The number of benzene rings is 2. The van der Waals surface area contributed by atoms with Gasteiger partial charge in [0.1, 0.15) is 71.5 Å². The zero-order valence-electron chi connectivity index (χ0n) is 31.0. The minimum absolute atomic E-state index is 0.0275. The van der Waals surface area contributed by atoms with Crippen molar-refractivity contribution in [3.05, 3.63) is 76.6 Å². The van der Waals surface area contributed by atoms with Gasteiger partial charge in [0.25, 0.3) is 0 Å². The Labute approximate surface area is 327 Å². The van der Waals surface area contributed by atoms with E-state index in [2.05, 4.69) is 32.7 Å². The Hall–Kier alpha value is -5.81. The van der Waals surface area contributed by atoms with Crippen LogP contribution in [0, 0.1) is 22.7 Å². The van der Waals surface area contributed by atoms with E-state index in [9.17, 15) is 24.9 Å². The molecule has 4 rings (SSSR count). The van der Waals surface area contributed by atoms with Crippen LogP contribution in [0.15, 0.2) is 64.2 Å². The number of pyridine rings is 1. The van der Waals surface area contributed by atoms with E-state index in [1.54, 1.807) is 83.3 Å². The number of thioether (sulfide) groups is 1. The largest absolute Gasteiger partial charge is 0.490 e. The van der Waals surface area contributed by atoms with Crippen molar-refractivity contribution in [1.29, 1.82) is 10.5 Å². The van der Waals surface area contributed by atoms with Crippen LogP contribution in [-0.4, -0.2) is 72.0 Å². The van der Waals surface area contributed by atoms with Gasteiger partial charge in [0.15, 0.2) is 6.10 Å². The highest BCUT2D eigenvalue weighted by Crippen LogP contribution is 2.37. The van der Waals surface area contributed by atoms with E-state index >= 15 is 0 Å². The van der Waals surface area contributed by atoms with E-state index in [0.29, 0.717) is 38.7 Å². The molecule has 0 fully saturated rings. The van der Waals surface area contributed by atoms with Crippen LogP contribution in [0.1, 0.15) is 51.4 Å². The SMILES string of the molecule is CNC(C)C(=O)OCC(COc1ccc(-c2c(C#N)c(N)nc(SCc3coc(-c4ccc(Cl)cc4)n3)c2C#N)cc1)OC(=O)C(C)NC(=O)OC(C)(C)C. The number of nitrogens with zero attached hydrogens (tertiary/aromatic N) is 4. The number of nitriles is 2. The number of amides is 1. The van der Waals surface area contributed by atoms with Gasteiger partial charge in [-0.3, -0.25) is 4.79 Å². The number of carbonyl (C=O) groups excluding carboxylic acids is 3. The van der Waals surface area contributed by atoms with Crippen LogP contribution < -0.4 is 21.1 Å². The number of ether oxygens (including phenoxy) is 4. The molecule has 0 aliphatic rings. The molecule has 2 heterocycles. The van der Waals surface area contributed by atoms with E-state index in [4.69, 9.17) is 40.7 Å². The van der Waals surface area contributed by atoms with Crippen molar-refractivity contribution in [2.75, 3.05) is 26.0 Å². The molecule has 4 N–H and O–H groups in total. The Morgan fingerprint density at radius 2 is 1.60 bits per heavy atom. The highest BCUT2D eigenvalue weighted by molar-refractivity contribution is 7.98. The van der Waals surface area contributed by atoms with Crippen molar-refractivity contribution in [1.82, 2.24) is 20.6 Å². The van der Waals surface area contributed by atoms with Crippen LogP contribution in [0.2, 0.25) is 5.02 Å². The lowest BCUT2D eigenvalue weighted by Gasteiger charge is -2.23. The second kappa shape index (κ2) is 19.0. The number of nitrogens with two attached hydrogens (primary N) is 1. The smallest absolute Gasteiger partial charge is 0.408 e. The highest BCUT2D eigenvalue weighted by Gasteiger charge is 2.27. The summed E-state index contributed by atoms with van der Waals surface area (Å²) in [6, 6.07) is 16.0. The maximum atomic E-state index is 12.9. The summed E-state index contributed by atoms with van der Waals surface area (Å²) in [6.07, 6.45) is -0.362. The highest BCUT2D eigenvalue weighted by atomic mass is 35.5. The molecule has 2 aromatic carbocycles. The van der Waals surface area contributed by atoms with Gasteiger partial charge in [0.05, 0.1) is 11.3 Å². The van der Waals surface area contributed by atoms with Crippen molar-refractivity contribution >= 4 is 47.2 Å². The molecule has 15 nitrogen and oxygen atoms in total. The summed E-state index contributed by atoms with van der Waals surface area (Å²) < 4.78 is 27.6. The Morgan fingerprint density at radius 3 is 2.22 bits per heavy atom. The number of oxazole rings is 1. The van der Waals surface area contributed by atoms with Crippen LogP contribution >= 0.6 is 23.4 Å². The number of rotatable bonds is 15. The van der Waals surface area contributed by atoms with Gasteiger partial charge in [-0.15, -0.1) is 0 Å². The molecule has 0 saturated heterocycles. The number of hydrogen-bond donors (Lipinski definition) is 3. The molecule has 0 aliphatic heterocycles. The molecule has 0 bridgehead atoms. The van der Waals surface area contributed by atoms with Gasteiger partial charge in [0, 0.05) is 21.9 Å². The van der Waals surface area contributed by atoms with E-state index < -0.39 is 41.8 Å². The third kappa shape index (κ3) is 11.8. The van der Waals surface area contributed by atoms with Crippen LogP contribution in [0.25, 0.3) is 22.6 Å². The maximum Gasteiger partial charge on any atom is 0.408 e. The number of aromatic nitrogens is 2. The second-order valence-corrected chi connectivity index (χ2v) is 14.4. The van der Waals surface area contributed by atoms with Crippen LogP contribution in [0.3, 0.4) is 0 Å². The number of carbonyl (C=O) groups is 3. The van der Waals surface area contributed by atoms with Gasteiger partial charge in [-0.1, -0.05) is 35.5 Å². The molecule has 17 heteroatoms.